The standard InChI is InChI=1S/C14H25N3O3/c1-11(10-16-6-2-3-7-16)15-14(20)17-8-4-5-12(17)9-13(18)19/h11-12H,2-10H2,1H3,(H,15,20)(H,18,19). The van der Waals surface area contributed by atoms with Crippen molar-refractivity contribution in [2.24, 2.45) is 0 Å². The molecule has 2 atom stereocenters. The number of carboxylic acid groups (broad SMARTS) is 1. The average molecular weight is 283 g/mol. The molecule has 2 heterocycles. The van der Waals surface area contributed by atoms with Gasteiger partial charge < -0.3 is 20.2 Å². The van der Waals surface area contributed by atoms with Gasteiger partial charge in [-0.2, -0.15) is 0 Å². The van der Waals surface area contributed by atoms with Crippen LogP contribution in [0.3, 0.4) is 0 Å². The number of nitrogens with one attached hydrogen (secondary N) is 1. The Labute approximate surface area is 120 Å². The highest BCUT2D eigenvalue weighted by Crippen LogP contribution is 2.20. The fourth-order valence-electron chi connectivity index (χ4n) is 3.21. The number of aliphatic carboxylic acids is 1. The molecule has 6 heteroatoms. The van der Waals surface area contributed by atoms with Gasteiger partial charge in [-0.25, -0.2) is 4.79 Å². The lowest BCUT2D eigenvalue weighted by Gasteiger charge is -2.27. The van der Waals surface area contributed by atoms with Crippen molar-refractivity contribution in [3.05, 3.63) is 0 Å². The van der Waals surface area contributed by atoms with E-state index in [1.165, 1.54) is 12.8 Å². The predicted molar refractivity (Wildman–Crippen MR) is 75.6 cm³/mol. The van der Waals surface area contributed by atoms with Crippen LogP contribution in [0.1, 0.15) is 39.0 Å². The molecular weight excluding hydrogens is 258 g/mol. The fourth-order valence-corrected chi connectivity index (χ4v) is 3.21. The number of hydrogen-bond donors (Lipinski definition) is 2. The third-order valence-electron chi connectivity index (χ3n) is 4.15. The van der Waals surface area contributed by atoms with E-state index in [1.54, 1.807) is 4.90 Å². The first-order valence-corrected chi connectivity index (χ1v) is 7.57. The van der Waals surface area contributed by atoms with Crippen LogP contribution in [0.25, 0.3) is 0 Å². The lowest BCUT2D eigenvalue weighted by molar-refractivity contribution is -0.137. The molecule has 2 unspecified atom stereocenters. The van der Waals surface area contributed by atoms with Gasteiger partial charge in [0.15, 0.2) is 0 Å². The van der Waals surface area contributed by atoms with E-state index in [4.69, 9.17) is 5.11 Å². The van der Waals surface area contributed by atoms with E-state index >= 15 is 0 Å². The SMILES string of the molecule is CC(CN1CCCC1)NC(=O)N1CCCC1CC(=O)O. The summed E-state index contributed by atoms with van der Waals surface area (Å²) < 4.78 is 0. The zero-order chi connectivity index (χ0) is 14.5. The third kappa shape index (κ3) is 4.10. The van der Waals surface area contributed by atoms with Crippen LogP contribution in [0.15, 0.2) is 0 Å². The van der Waals surface area contributed by atoms with Crippen LogP contribution >= 0.6 is 0 Å². The van der Waals surface area contributed by atoms with Crippen molar-refractivity contribution in [1.29, 1.82) is 0 Å². The summed E-state index contributed by atoms with van der Waals surface area (Å²) in [5, 5.41) is 11.9. The van der Waals surface area contributed by atoms with E-state index in [2.05, 4.69) is 10.2 Å². The molecule has 2 fully saturated rings. The highest BCUT2D eigenvalue weighted by atomic mass is 16.4. The molecule has 2 rings (SSSR count). The van der Waals surface area contributed by atoms with Gasteiger partial charge in [-0.05, 0) is 45.7 Å². The minimum Gasteiger partial charge on any atom is -0.481 e. The van der Waals surface area contributed by atoms with Crippen LogP contribution in [0.2, 0.25) is 0 Å². The summed E-state index contributed by atoms with van der Waals surface area (Å²) in [6.07, 6.45) is 4.22. The molecular formula is C14H25N3O3. The van der Waals surface area contributed by atoms with Crippen LogP contribution in [-0.4, -0.2) is 65.2 Å². The number of rotatable bonds is 5. The highest BCUT2D eigenvalue weighted by Gasteiger charge is 2.31. The maximum absolute atomic E-state index is 12.2. The van der Waals surface area contributed by atoms with Crippen molar-refractivity contribution < 1.29 is 14.7 Å². The summed E-state index contributed by atoms with van der Waals surface area (Å²) in [5.41, 5.74) is 0. The van der Waals surface area contributed by atoms with E-state index in [0.29, 0.717) is 6.54 Å². The summed E-state index contributed by atoms with van der Waals surface area (Å²) in [6.45, 7) is 5.79. The van der Waals surface area contributed by atoms with Gasteiger partial charge in [0.2, 0.25) is 0 Å². The number of hydrogen-bond acceptors (Lipinski definition) is 3. The van der Waals surface area contributed by atoms with Crippen LogP contribution in [0.5, 0.6) is 0 Å². The fraction of sp³-hybridized carbons (Fsp3) is 0.857. The Morgan fingerprint density at radius 2 is 1.95 bits per heavy atom. The molecule has 2 N–H and O–H groups in total. The van der Waals surface area contributed by atoms with E-state index < -0.39 is 5.97 Å². The lowest BCUT2D eigenvalue weighted by Crippen LogP contribution is -2.49. The summed E-state index contributed by atoms with van der Waals surface area (Å²) in [6, 6.07) is -0.154. The molecule has 6 nitrogen and oxygen atoms in total. The van der Waals surface area contributed by atoms with Gasteiger partial charge in [-0.15, -0.1) is 0 Å². The number of nitrogens with zero attached hydrogens (tertiary/aromatic N) is 2. The molecule has 0 bridgehead atoms. The van der Waals surface area contributed by atoms with Gasteiger partial charge in [0.1, 0.15) is 0 Å². The lowest BCUT2D eigenvalue weighted by atomic mass is 10.1. The van der Waals surface area contributed by atoms with Crippen LogP contribution < -0.4 is 5.32 Å². The number of amides is 2. The molecule has 0 aliphatic carbocycles. The van der Waals surface area contributed by atoms with Gasteiger partial charge in [0, 0.05) is 25.2 Å². The Kier molecular flexibility index (Phi) is 5.23. The Bertz CT molecular complexity index is 356. The summed E-state index contributed by atoms with van der Waals surface area (Å²) >= 11 is 0. The summed E-state index contributed by atoms with van der Waals surface area (Å²) in [4.78, 5) is 27.1. The second-order valence-corrected chi connectivity index (χ2v) is 5.95. The van der Waals surface area contributed by atoms with Crippen molar-refractivity contribution in [2.75, 3.05) is 26.2 Å². The Balaban J connectivity index is 1.79. The highest BCUT2D eigenvalue weighted by molar-refractivity contribution is 5.76. The maximum Gasteiger partial charge on any atom is 0.317 e. The zero-order valence-corrected chi connectivity index (χ0v) is 12.2. The van der Waals surface area contributed by atoms with Gasteiger partial charge in [0.25, 0.3) is 0 Å². The Morgan fingerprint density at radius 1 is 1.25 bits per heavy atom. The third-order valence-corrected chi connectivity index (χ3v) is 4.15. The second kappa shape index (κ2) is 6.92. The van der Waals surface area contributed by atoms with Gasteiger partial charge in [0.05, 0.1) is 6.42 Å². The van der Waals surface area contributed by atoms with Gasteiger partial charge in [-0.3, -0.25) is 4.79 Å². The zero-order valence-electron chi connectivity index (χ0n) is 12.2. The molecule has 0 radical (unpaired) electrons. The summed E-state index contributed by atoms with van der Waals surface area (Å²) in [7, 11) is 0. The van der Waals surface area contributed by atoms with Crippen LogP contribution in [-0.2, 0) is 4.79 Å². The topological polar surface area (TPSA) is 72.9 Å². The first-order valence-electron chi connectivity index (χ1n) is 7.57. The van der Waals surface area contributed by atoms with Crippen LogP contribution in [0, 0.1) is 0 Å². The molecule has 0 aromatic rings. The molecule has 20 heavy (non-hydrogen) atoms. The minimum atomic E-state index is -0.834. The molecule has 2 aliphatic rings. The molecule has 0 spiro atoms. The smallest absolute Gasteiger partial charge is 0.317 e. The quantitative estimate of drug-likeness (QED) is 0.793. The monoisotopic (exact) mass is 283 g/mol. The molecule has 2 aliphatic heterocycles. The average Bonchev–Trinajstić information content (AvgIpc) is 2.99. The molecule has 114 valence electrons. The van der Waals surface area contributed by atoms with E-state index in [0.717, 1.165) is 32.5 Å². The molecule has 0 saturated carbocycles. The van der Waals surface area contributed by atoms with E-state index in [-0.39, 0.29) is 24.5 Å². The normalized spacial score (nSPS) is 24.9. The first kappa shape index (κ1) is 15.1. The Morgan fingerprint density at radius 3 is 2.60 bits per heavy atom. The van der Waals surface area contributed by atoms with E-state index in [1.807, 2.05) is 6.92 Å². The largest absolute Gasteiger partial charge is 0.481 e. The molecule has 2 amide bonds. The van der Waals surface area contributed by atoms with E-state index in [9.17, 15) is 9.59 Å². The van der Waals surface area contributed by atoms with Crippen molar-refractivity contribution in [3.63, 3.8) is 0 Å². The number of carbonyl (C=O) groups excluding carboxylic acids is 1. The van der Waals surface area contributed by atoms with Crippen molar-refractivity contribution in [3.8, 4) is 0 Å². The van der Waals surface area contributed by atoms with Gasteiger partial charge >= 0.3 is 12.0 Å². The number of urea groups is 1. The number of carbonyl (C=O) groups is 2. The molecule has 0 aromatic carbocycles. The maximum atomic E-state index is 12.2. The minimum absolute atomic E-state index is 0.0495. The number of carboxylic acids is 1. The molecule has 0 aromatic heterocycles. The van der Waals surface area contributed by atoms with Crippen molar-refractivity contribution in [1.82, 2.24) is 15.1 Å². The Hall–Kier alpha value is -1.30. The first-order chi connectivity index (χ1) is 9.56. The van der Waals surface area contributed by atoms with Crippen LogP contribution in [0.4, 0.5) is 4.79 Å². The van der Waals surface area contributed by atoms with Gasteiger partial charge in [-0.1, -0.05) is 0 Å². The van der Waals surface area contributed by atoms with Crippen molar-refractivity contribution >= 4 is 12.0 Å². The second-order valence-electron chi connectivity index (χ2n) is 5.95. The van der Waals surface area contributed by atoms with Crippen molar-refractivity contribution in [2.45, 2.75) is 51.1 Å². The molecule has 2 saturated heterocycles. The predicted octanol–water partition coefficient (Wildman–Crippen LogP) is 1.12. The number of likely N-dealkylation sites (tertiary alicyclic amines) is 2. The summed E-state index contributed by atoms with van der Waals surface area (Å²) in [5.74, 6) is -0.834.